The second kappa shape index (κ2) is 8.43. The van der Waals surface area contributed by atoms with Gasteiger partial charge in [-0.2, -0.15) is 0 Å². The minimum Gasteiger partial charge on any atom is -0.493 e. The van der Waals surface area contributed by atoms with Crippen molar-refractivity contribution >= 4 is 21.8 Å². The number of halogens is 1. The van der Waals surface area contributed by atoms with Crippen molar-refractivity contribution in [3.63, 3.8) is 0 Å². The molecule has 146 valence electrons. The number of methoxy groups -OCH3 is 2. The Morgan fingerprint density at radius 3 is 2.43 bits per heavy atom. The lowest BCUT2D eigenvalue weighted by molar-refractivity contribution is 0.0934. The summed E-state index contributed by atoms with van der Waals surface area (Å²) in [6, 6.07) is 12.9. The van der Waals surface area contributed by atoms with Crippen molar-refractivity contribution in [3.8, 4) is 17.2 Å². The maximum atomic E-state index is 12.7. The van der Waals surface area contributed by atoms with Crippen molar-refractivity contribution in [2.75, 3.05) is 14.2 Å². The summed E-state index contributed by atoms with van der Waals surface area (Å²) >= 11 is 3.41. The molecule has 28 heavy (non-hydrogen) atoms. The number of amides is 1. The number of hydrogen-bond acceptors (Lipinski definition) is 5. The van der Waals surface area contributed by atoms with Crippen LogP contribution in [-0.2, 0) is 0 Å². The molecule has 0 aliphatic carbocycles. The molecule has 0 radical (unpaired) electrons. The first-order chi connectivity index (χ1) is 13.4. The number of aromatic nitrogens is 3. The van der Waals surface area contributed by atoms with Gasteiger partial charge in [-0.05, 0) is 55.8 Å². The van der Waals surface area contributed by atoms with Crippen LogP contribution in [0.3, 0.4) is 0 Å². The quantitative estimate of drug-likeness (QED) is 0.624. The Morgan fingerprint density at radius 2 is 1.79 bits per heavy atom. The number of benzene rings is 2. The summed E-state index contributed by atoms with van der Waals surface area (Å²) in [5.41, 5.74) is 2.68. The van der Waals surface area contributed by atoms with Crippen LogP contribution in [-0.4, -0.2) is 35.1 Å². The number of rotatable bonds is 6. The van der Waals surface area contributed by atoms with Crippen LogP contribution in [0.25, 0.3) is 5.69 Å². The largest absolute Gasteiger partial charge is 0.493 e. The van der Waals surface area contributed by atoms with Crippen LogP contribution in [0.5, 0.6) is 11.5 Å². The average molecular weight is 445 g/mol. The zero-order valence-electron chi connectivity index (χ0n) is 16.1. The second-order valence-electron chi connectivity index (χ2n) is 6.22. The monoisotopic (exact) mass is 444 g/mol. The van der Waals surface area contributed by atoms with Crippen molar-refractivity contribution in [2.24, 2.45) is 0 Å². The SMILES string of the molecule is COc1ccc([C@@H](C)NC(=O)c2nnn(-c3ccc(Br)cc3)c2C)cc1OC. The van der Waals surface area contributed by atoms with E-state index in [4.69, 9.17) is 9.47 Å². The zero-order valence-corrected chi connectivity index (χ0v) is 17.6. The summed E-state index contributed by atoms with van der Waals surface area (Å²) in [5.74, 6) is 0.958. The summed E-state index contributed by atoms with van der Waals surface area (Å²) in [4.78, 5) is 12.7. The van der Waals surface area contributed by atoms with Gasteiger partial charge in [0.2, 0.25) is 0 Å². The number of hydrogen-bond donors (Lipinski definition) is 1. The molecule has 7 nitrogen and oxygen atoms in total. The normalized spacial score (nSPS) is 11.8. The molecule has 0 bridgehead atoms. The molecule has 1 amide bonds. The highest BCUT2D eigenvalue weighted by molar-refractivity contribution is 9.10. The van der Waals surface area contributed by atoms with E-state index >= 15 is 0 Å². The molecular formula is C20H21BrN4O3. The summed E-state index contributed by atoms with van der Waals surface area (Å²) in [6.07, 6.45) is 0. The van der Waals surface area contributed by atoms with E-state index in [2.05, 4.69) is 31.6 Å². The average Bonchev–Trinajstić information content (AvgIpc) is 3.09. The van der Waals surface area contributed by atoms with E-state index in [0.29, 0.717) is 17.2 Å². The van der Waals surface area contributed by atoms with Gasteiger partial charge < -0.3 is 14.8 Å². The summed E-state index contributed by atoms with van der Waals surface area (Å²) in [5, 5.41) is 11.1. The van der Waals surface area contributed by atoms with E-state index in [1.54, 1.807) is 18.9 Å². The highest BCUT2D eigenvalue weighted by atomic mass is 79.9. The minimum absolute atomic E-state index is 0.246. The molecule has 8 heteroatoms. The third-order valence-corrected chi connectivity index (χ3v) is 4.96. The number of carbonyl (C=O) groups excluding carboxylic acids is 1. The Balaban J connectivity index is 1.79. The van der Waals surface area contributed by atoms with E-state index in [-0.39, 0.29) is 17.6 Å². The fourth-order valence-electron chi connectivity index (χ4n) is 2.84. The summed E-state index contributed by atoms with van der Waals surface area (Å²) in [7, 11) is 3.16. The van der Waals surface area contributed by atoms with Crippen LogP contribution in [0.1, 0.15) is 34.7 Å². The van der Waals surface area contributed by atoms with Crippen LogP contribution in [0, 0.1) is 6.92 Å². The first-order valence-corrected chi connectivity index (χ1v) is 9.45. The highest BCUT2D eigenvalue weighted by Gasteiger charge is 2.20. The first-order valence-electron chi connectivity index (χ1n) is 8.65. The fraction of sp³-hybridized carbons (Fsp3) is 0.250. The van der Waals surface area contributed by atoms with Gasteiger partial charge >= 0.3 is 0 Å². The van der Waals surface area contributed by atoms with Gasteiger partial charge in [0.15, 0.2) is 17.2 Å². The number of nitrogens with zero attached hydrogens (tertiary/aromatic N) is 3. The van der Waals surface area contributed by atoms with Crippen LogP contribution in [0.2, 0.25) is 0 Å². The smallest absolute Gasteiger partial charge is 0.274 e. The topological polar surface area (TPSA) is 78.3 Å². The predicted molar refractivity (Wildman–Crippen MR) is 109 cm³/mol. The van der Waals surface area contributed by atoms with Crippen molar-refractivity contribution in [1.82, 2.24) is 20.3 Å². The number of ether oxygens (including phenoxy) is 2. The highest BCUT2D eigenvalue weighted by Crippen LogP contribution is 2.30. The molecular weight excluding hydrogens is 424 g/mol. The lowest BCUT2D eigenvalue weighted by Gasteiger charge is -2.16. The first kappa shape index (κ1) is 19.9. The van der Waals surface area contributed by atoms with Gasteiger partial charge in [0, 0.05) is 4.47 Å². The van der Waals surface area contributed by atoms with Crippen molar-refractivity contribution in [1.29, 1.82) is 0 Å². The Morgan fingerprint density at radius 1 is 1.11 bits per heavy atom. The number of carbonyl (C=O) groups is 1. The van der Waals surface area contributed by atoms with Crippen LogP contribution < -0.4 is 14.8 Å². The van der Waals surface area contributed by atoms with Gasteiger partial charge in [0.25, 0.3) is 5.91 Å². The molecule has 1 aromatic heterocycles. The van der Waals surface area contributed by atoms with Crippen LogP contribution in [0.4, 0.5) is 0 Å². The third-order valence-electron chi connectivity index (χ3n) is 4.44. The Bertz CT molecular complexity index is 986. The van der Waals surface area contributed by atoms with E-state index < -0.39 is 0 Å². The molecule has 3 aromatic rings. The standard InChI is InChI=1S/C20H21BrN4O3/c1-12(14-5-10-17(27-3)18(11-14)28-4)22-20(26)19-13(2)25(24-23-19)16-8-6-15(21)7-9-16/h5-12H,1-4H3,(H,22,26)/t12-/m1/s1. The van der Waals surface area contributed by atoms with Gasteiger partial charge in [0.05, 0.1) is 31.6 Å². The van der Waals surface area contributed by atoms with Crippen molar-refractivity contribution in [3.05, 3.63) is 63.9 Å². The molecule has 1 N–H and O–H groups in total. The molecule has 2 aromatic carbocycles. The minimum atomic E-state index is -0.289. The zero-order chi connectivity index (χ0) is 20.3. The van der Waals surface area contributed by atoms with Gasteiger partial charge in [-0.25, -0.2) is 4.68 Å². The van der Waals surface area contributed by atoms with Gasteiger partial charge in [-0.15, -0.1) is 5.10 Å². The fourth-order valence-corrected chi connectivity index (χ4v) is 3.10. The van der Waals surface area contributed by atoms with Crippen LogP contribution >= 0.6 is 15.9 Å². The van der Waals surface area contributed by atoms with E-state index in [0.717, 1.165) is 15.7 Å². The molecule has 0 aliphatic heterocycles. The maximum absolute atomic E-state index is 12.7. The molecule has 0 saturated heterocycles. The molecule has 3 rings (SSSR count). The lowest BCUT2D eigenvalue weighted by atomic mass is 10.1. The Kier molecular flexibility index (Phi) is 5.99. The van der Waals surface area contributed by atoms with Gasteiger partial charge in [-0.1, -0.05) is 27.2 Å². The van der Waals surface area contributed by atoms with Crippen LogP contribution in [0.15, 0.2) is 46.9 Å². The van der Waals surface area contributed by atoms with Crippen molar-refractivity contribution in [2.45, 2.75) is 19.9 Å². The van der Waals surface area contributed by atoms with Gasteiger partial charge in [-0.3, -0.25) is 4.79 Å². The molecule has 0 saturated carbocycles. The molecule has 0 unspecified atom stereocenters. The molecule has 1 atom stereocenters. The number of nitrogens with one attached hydrogen (secondary N) is 1. The lowest BCUT2D eigenvalue weighted by Crippen LogP contribution is -2.27. The van der Waals surface area contributed by atoms with Crippen molar-refractivity contribution < 1.29 is 14.3 Å². The summed E-state index contributed by atoms with van der Waals surface area (Å²) in [6.45, 7) is 3.71. The van der Waals surface area contributed by atoms with E-state index in [1.807, 2.05) is 56.3 Å². The third kappa shape index (κ3) is 4.01. The van der Waals surface area contributed by atoms with E-state index in [9.17, 15) is 4.79 Å². The predicted octanol–water partition coefficient (Wildman–Crippen LogP) is 3.85. The molecule has 0 fully saturated rings. The molecule has 1 heterocycles. The summed E-state index contributed by atoms with van der Waals surface area (Å²) < 4.78 is 13.2. The molecule has 0 aliphatic rings. The maximum Gasteiger partial charge on any atom is 0.274 e. The molecule has 0 spiro atoms. The van der Waals surface area contributed by atoms with E-state index in [1.165, 1.54) is 0 Å². The Hall–Kier alpha value is -2.87. The van der Waals surface area contributed by atoms with Gasteiger partial charge in [0.1, 0.15) is 0 Å². The second-order valence-corrected chi connectivity index (χ2v) is 7.14. The Labute approximate surface area is 171 Å².